The van der Waals surface area contributed by atoms with Crippen LogP contribution in [0.2, 0.25) is 0 Å². The summed E-state index contributed by atoms with van der Waals surface area (Å²) in [4.78, 5) is 19.8. The molecule has 1 saturated heterocycles. The zero-order chi connectivity index (χ0) is 22.2. The number of rotatable bonds is 5. The predicted molar refractivity (Wildman–Crippen MR) is 118 cm³/mol. The van der Waals surface area contributed by atoms with Crippen molar-refractivity contribution in [3.05, 3.63) is 52.9 Å². The number of nitrogens with zero attached hydrogens (tertiary/aromatic N) is 4. The predicted octanol–water partition coefficient (Wildman–Crippen LogP) is 3.82. The SMILES string of the molecule is Cc1csc(N(C(=O)C2CCN(S(=O)(=O)c3c(C)noc3C)CC2)c2ccccc2)n1. The first kappa shape index (κ1) is 21.7. The van der Waals surface area contributed by atoms with Crippen molar-refractivity contribution in [1.82, 2.24) is 14.4 Å². The van der Waals surface area contributed by atoms with Crippen molar-refractivity contribution in [3.8, 4) is 0 Å². The van der Waals surface area contributed by atoms with Gasteiger partial charge in [-0.2, -0.15) is 4.31 Å². The molecule has 0 saturated carbocycles. The molecule has 1 aliphatic heterocycles. The van der Waals surface area contributed by atoms with E-state index in [1.54, 1.807) is 18.7 Å². The summed E-state index contributed by atoms with van der Waals surface area (Å²) in [6, 6.07) is 9.43. The second-order valence-electron chi connectivity index (χ2n) is 7.61. The van der Waals surface area contributed by atoms with Crippen LogP contribution in [0.1, 0.15) is 30.0 Å². The summed E-state index contributed by atoms with van der Waals surface area (Å²) < 4.78 is 32.6. The maximum Gasteiger partial charge on any atom is 0.248 e. The van der Waals surface area contributed by atoms with Crippen LogP contribution in [0.5, 0.6) is 0 Å². The van der Waals surface area contributed by atoms with Gasteiger partial charge in [-0.3, -0.25) is 9.69 Å². The van der Waals surface area contributed by atoms with Gasteiger partial charge in [-0.05, 0) is 45.7 Å². The lowest BCUT2D eigenvalue weighted by Crippen LogP contribution is -2.43. The average Bonchev–Trinajstić information content (AvgIpc) is 3.34. The summed E-state index contributed by atoms with van der Waals surface area (Å²) in [5.41, 5.74) is 1.96. The Morgan fingerprint density at radius 2 is 1.84 bits per heavy atom. The molecule has 0 radical (unpaired) electrons. The summed E-state index contributed by atoms with van der Waals surface area (Å²) in [5, 5.41) is 6.30. The van der Waals surface area contributed by atoms with Gasteiger partial charge in [-0.25, -0.2) is 13.4 Å². The minimum Gasteiger partial charge on any atom is -0.360 e. The molecule has 3 heterocycles. The van der Waals surface area contributed by atoms with Gasteiger partial charge >= 0.3 is 0 Å². The molecule has 2 aromatic heterocycles. The van der Waals surface area contributed by atoms with Gasteiger partial charge in [0.05, 0.1) is 11.4 Å². The van der Waals surface area contributed by atoms with Gasteiger partial charge in [-0.1, -0.05) is 23.4 Å². The van der Waals surface area contributed by atoms with E-state index >= 15 is 0 Å². The number of benzene rings is 1. The van der Waals surface area contributed by atoms with Crippen LogP contribution in [0.25, 0.3) is 0 Å². The van der Waals surface area contributed by atoms with Crippen LogP contribution in [-0.4, -0.2) is 41.9 Å². The summed E-state index contributed by atoms with van der Waals surface area (Å²) in [6.45, 7) is 5.64. The second kappa shape index (κ2) is 8.52. The topological polar surface area (TPSA) is 96.6 Å². The van der Waals surface area contributed by atoms with Crippen molar-refractivity contribution < 1.29 is 17.7 Å². The molecule has 10 heteroatoms. The second-order valence-corrected chi connectivity index (χ2v) is 10.3. The first-order valence-corrected chi connectivity index (χ1v) is 12.3. The fourth-order valence-electron chi connectivity index (χ4n) is 3.85. The van der Waals surface area contributed by atoms with E-state index in [2.05, 4.69) is 10.1 Å². The van der Waals surface area contributed by atoms with Gasteiger partial charge < -0.3 is 4.52 Å². The van der Waals surface area contributed by atoms with E-state index < -0.39 is 10.0 Å². The van der Waals surface area contributed by atoms with Gasteiger partial charge in [0.25, 0.3) is 0 Å². The molecule has 3 aromatic rings. The van der Waals surface area contributed by atoms with E-state index in [4.69, 9.17) is 4.52 Å². The van der Waals surface area contributed by atoms with Crippen molar-refractivity contribution in [2.45, 2.75) is 38.5 Å². The number of aryl methyl sites for hydroxylation is 3. The number of piperidine rings is 1. The van der Waals surface area contributed by atoms with Crippen LogP contribution in [0.4, 0.5) is 10.8 Å². The molecule has 0 N–H and O–H groups in total. The van der Waals surface area contributed by atoms with Gasteiger partial charge in [0, 0.05) is 24.4 Å². The molecule has 4 rings (SSSR count). The molecule has 0 atom stereocenters. The molecule has 1 aromatic carbocycles. The third-order valence-electron chi connectivity index (χ3n) is 5.40. The third kappa shape index (κ3) is 4.15. The highest BCUT2D eigenvalue weighted by Crippen LogP contribution is 2.34. The molecule has 1 aliphatic rings. The van der Waals surface area contributed by atoms with Crippen LogP contribution in [0.15, 0.2) is 45.1 Å². The standard InChI is InChI=1S/C21H24N4O4S2/c1-14-13-30-21(22-14)25(18-7-5-4-6-8-18)20(26)17-9-11-24(12-10-17)31(27,28)19-15(2)23-29-16(19)3/h4-8,13,17H,9-12H2,1-3H3. The minimum atomic E-state index is -3.71. The Morgan fingerprint density at radius 3 is 2.39 bits per heavy atom. The Labute approximate surface area is 185 Å². The van der Waals surface area contributed by atoms with Crippen LogP contribution < -0.4 is 4.90 Å². The summed E-state index contributed by atoms with van der Waals surface area (Å²) in [5.74, 6) is -0.0689. The molecule has 0 bridgehead atoms. The number of amides is 1. The van der Waals surface area contributed by atoms with Gasteiger partial charge in [0.2, 0.25) is 15.9 Å². The van der Waals surface area contributed by atoms with E-state index in [9.17, 15) is 13.2 Å². The summed E-state index contributed by atoms with van der Waals surface area (Å²) in [7, 11) is -3.71. The molecular formula is C21H24N4O4S2. The van der Waals surface area contributed by atoms with Crippen LogP contribution >= 0.6 is 11.3 Å². The Bertz CT molecular complexity index is 1160. The molecular weight excluding hydrogens is 436 g/mol. The van der Waals surface area contributed by atoms with Gasteiger partial charge in [-0.15, -0.1) is 11.3 Å². The van der Waals surface area contributed by atoms with Crippen LogP contribution in [0.3, 0.4) is 0 Å². The molecule has 164 valence electrons. The molecule has 0 aliphatic carbocycles. The fourth-order valence-corrected chi connectivity index (χ4v) is 6.44. The number of hydrogen-bond acceptors (Lipinski definition) is 7. The van der Waals surface area contributed by atoms with Crippen LogP contribution in [-0.2, 0) is 14.8 Å². The number of thiazole rings is 1. The van der Waals surface area contributed by atoms with Gasteiger partial charge in [0.15, 0.2) is 10.9 Å². The number of para-hydroxylation sites is 1. The third-order valence-corrected chi connectivity index (χ3v) is 8.49. The molecule has 8 nitrogen and oxygen atoms in total. The number of anilines is 2. The van der Waals surface area contributed by atoms with Crippen molar-refractivity contribution in [2.75, 3.05) is 18.0 Å². The average molecular weight is 461 g/mol. The van der Waals surface area contributed by atoms with Crippen LogP contribution in [0, 0.1) is 26.7 Å². The highest BCUT2D eigenvalue weighted by molar-refractivity contribution is 7.89. The maximum absolute atomic E-state index is 13.5. The van der Waals surface area contributed by atoms with E-state index in [1.165, 1.54) is 15.6 Å². The minimum absolute atomic E-state index is 0.0602. The smallest absolute Gasteiger partial charge is 0.248 e. The molecule has 1 fully saturated rings. The van der Waals surface area contributed by atoms with Gasteiger partial charge in [0.1, 0.15) is 10.6 Å². The highest BCUT2D eigenvalue weighted by atomic mass is 32.2. The normalized spacial score (nSPS) is 15.8. The van der Waals surface area contributed by atoms with Crippen molar-refractivity contribution in [2.24, 2.45) is 5.92 Å². The van der Waals surface area contributed by atoms with E-state index in [0.29, 0.717) is 23.7 Å². The van der Waals surface area contributed by atoms with Crippen molar-refractivity contribution in [3.63, 3.8) is 0 Å². The Balaban J connectivity index is 1.54. The Kier molecular flexibility index (Phi) is 5.96. The Morgan fingerprint density at radius 1 is 1.16 bits per heavy atom. The monoisotopic (exact) mass is 460 g/mol. The Hall–Kier alpha value is -2.56. The molecule has 0 unspecified atom stereocenters. The first-order valence-electron chi connectivity index (χ1n) is 10.0. The number of hydrogen-bond donors (Lipinski definition) is 0. The lowest BCUT2D eigenvalue weighted by molar-refractivity contribution is -0.122. The molecule has 0 spiro atoms. The number of carbonyl (C=O) groups excluding carboxylic acids is 1. The highest BCUT2D eigenvalue weighted by Gasteiger charge is 2.37. The van der Waals surface area contributed by atoms with E-state index in [-0.39, 0.29) is 35.6 Å². The van der Waals surface area contributed by atoms with Crippen molar-refractivity contribution in [1.29, 1.82) is 0 Å². The number of aromatic nitrogens is 2. The molecule has 1 amide bonds. The van der Waals surface area contributed by atoms with E-state index in [0.717, 1.165) is 11.4 Å². The largest absolute Gasteiger partial charge is 0.360 e. The maximum atomic E-state index is 13.5. The zero-order valence-corrected chi connectivity index (χ0v) is 19.2. The number of sulfonamides is 1. The summed E-state index contributed by atoms with van der Waals surface area (Å²) >= 11 is 1.42. The number of carbonyl (C=O) groups is 1. The van der Waals surface area contributed by atoms with E-state index in [1.807, 2.05) is 42.6 Å². The quantitative estimate of drug-likeness (QED) is 0.574. The lowest BCUT2D eigenvalue weighted by atomic mass is 9.96. The lowest BCUT2D eigenvalue weighted by Gasteiger charge is -2.32. The van der Waals surface area contributed by atoms with Crippen molar-refractivity contribution >= 4 is 38.1 Å². The summed E-state index contributed by atoms with van der Waals surface area (Å²) in [6.07, 6.45) is 0.879. The first-order chi connectivity index (χ1) is 14.8. The molecule has 31 heavy (non-hydrogen) atoms. The zero-order valence-electron chi connectivity index (χ0n) is 17.6. The fraction of sp³-hybridized carbons (Fsp3) is 0.381.